The van der Waals surface area contributed by atoms with Crippen LogP contribution in [0.3, 0.4) is 0 Å². The molecule has 9 rings (SSSR count). The Morgan fingerprint density at radius 3 is 1.66 bits per heavy atom. The highest BCUT2D eigenvalue weighted by Gasteiger charge is 2.69. The Labute approximate surface area is 234 Å². The molecule has 0 radical (unpaired) electrons. The molecule has 0 heterocycles. The van der Waals surface area contributed by atoms with Gasteiger partial charge in [-0.1, -0.05) is 30.3 Å². The molecule has 210 valence electrons. The standard InChI is InChI=1S/C35H58N3/c1-36(2,3)24-34-17-26-13-28(19-34)32(29(14-26)20-34)33-30-15-27-16-31(33)22-35(18-27,21-30)38(6,7)37(4,5)23-25-11-9-8-10-12-25/h8-12,26-33H,13-24H2,1-7H3/q+3. The van der Waals surface area contributed by atoms with Crippen molar-refractivity contribution in [3.05, 3.63) is 35.9 Å². The molecule has 4 atom stereocenters. The van der Waals surface area contributed by atoms with E-state index in [9.17, 15) is 0 Å². The zero-order chi connectivity index (χ0) is 26.7. The first kappa shape index (κ1) is 26.0. The van der Waals surface area contributed by atoms with Crippen LogP contribution in [-0.2, 0) is 6.54 Å². The monoisotopic (exact) mass is 520 g/mol. The van der Waals surface area contributed by atoms with E-state index in [1.165, 1.54) is 35.9 Å². The largest absolute Gasteiger partial charge is 0.330 e. The topological polar surface area (TPSA) is 0 Å². The lowest BCUT2D eigenvalue weighted by Gasteiger charge is -2.69. The summed E-state index contributed by atoms with van der Waals surface area (Å²) >= 11 is 0. The first-order valence-electron chi connectivity index (χ1n) is 16.3. The van der Waals surface area contributed by atoms with E-state index in [-0.39, 0.29) is 0 Å². The van der Waals surface area contributed by atoms with Gasteiger partial charge in [0.25, 0.3) is 0 Å². The van der Waals surface area contributed by atoms with Crippen molar-refractivity contribution in [2.45, 2.75) is 76.3 Å². The van der Waals surface area contributed by atoms with Crippen molar-refractivity contribution >= 4 is 0 Å². The Kier molecular flexibility index (Phi) is 5.70. The number of quaternary nitrogens is 3. The molecule has 8 saturated carbocycles. The number of benzene rings is 1. The predicted octanol–water partition coefficient (Wildman–Crippen LogP) is 6.60. The van der Waals surface area contributed by atoms with Gasteiger partial charge < -0.3 is 4.48 Å². The molecular weight excluding hydrogens is 462 g/mol. The molecule has 0 spiro atoms. The summed E-state index contributed by atoms with van der Waals surface area (Å²) in [5, 5.41) is 0. The smallest absolute Gasteiger partial charge is 0.147 e. The van der Waals surface area contributed by atoms with Crippen LogP contribution in [0.25, 0.3) is 0 Å². The second kappa shape index (κ2) is 8.32. The summed E-state index contributed by atoms with van der Waals surface area (Å²) in [7, 11) is 17.6. The van der Waals surface area contributed by atoms with Crippen LogP contribution >= 0.6 is 0 Å². The molecule has 8 fully saturated rings. The lowest BCUT2D eigenvalue weighted by atomic mass is 9.38. The van der Waals surface area contributed by atoms with Crippen molar-refractivity contribution in [3.8, 4) is 0 Å². The van der Waals surface area contributed by atoms with E-state index in [2.05, 4.69) is 79.7 Å². The van der Waals surface area contributed by atoms with Gasteiger partial charge in [-0.2, -0.15) is 9.18 Å². The minimum absolute atomic E-state index is 0.474. The summed E-state index contributed by atoms with van der Waals surface area (Å²) in [6.07, 6.45) is 15.5. The van der Waals surface area contributed by atoms with Crippen molar-refractivity contribution in [1.29, 1.82) is 0 Å². The summed E-state index contributed by atoms with van der Waals surface area (Å²) < 4.78 is 3.38. The van der Waals surface area contributed by atoms with Crippen LogP contribution < -0.4 is 0 Å². The van der Waals surface area contributed by atoms with E-state index >= 15 is 0 Å². The van der Waals surface area contributed by atoms with E-state index in [0.29, 0.717) is 11.0 Å². The van der Waals surface area contributed by atoms with Gasteiger partial charge in [0.1, 0.15) is 40.3 Å². The third kappa shape index (κ3) is 3.92. The average molecular weight is 521 g/mol. The van der Waals surface area contributed by atoms with Crippen LogP contribution in [0.15, 0.2) is 30.3 Å². The molecule has 3 heteroatoms. The first-order chi connectivity index (χ1) is 17.8. The highest BCUT2D eigenvalue weighted by Crippen LogP contribution is 2.70. The predicted molar refractivity (Wildman–Crippen MR) is 157 cm³/mol. The maximum atomic E-state index is 2.61. The molecule has 4 unspecified atom stereocenters. The molecule has 8 bridgehead atoms. The Hall–Kier alpha value is -0.900. The lowest BCUT2D eigenvalue weighted by molar-refractivity contribution is -1.49. The van der Waals surface area contributed by atoms with Crippen LogP contribution in [0, 0.1) is 52.8 Å². The summed E-state index contributed by atoms with van der Waals surface area (Å²) in [6, 6.07) is 11.3. The number of rotatable bonds is 7. The van der Waals surface area contributed by atoms with Gasteiger partial charge in [0.2, 0.25) is 0 Å². The third-order valence-electron chi connectivity index (χ3n) is 14.0. The van der Waals surface area contributed by atoms with Crippen molar-refractivity contribution in [2.75, 3.05) is 55.9 Å². The number of nitrogens with zero attached hydrogens (tertiary/aromatic N) is 3. The average Bonchev–Trinajstić information content (AvgIpc) is 2.78. The fourth-order valence-corrected chi connectivity index (χ4v) is 13.2. The van der Waals surface area contributed by atoms with Gasteiger partial charge in [-0.05, 0) is 92.3 Å². The fraction of sp³-hybridized carbons (Fsp3) is 0.829. The molecule has 0 amide bonds. The van der Waals surface area contributed by atoms with Gasteiger partial charge in [0.15, 0.2) is 0 Å². The normalized spacial score (nSPS) is 45.7. The van der Waals surface area contributed by atoms with Gasteiger partial charge in [-0.3, -0.25) is 0 Å². The molecule has 0 N–H and O–H groups in total. The molecule has 0 saturated heterocycles. The summed E-state index contributed by atoms with van der Waals surface area (Å²) in [5.74, 6) is 8.31. The van der Waals surface area contributed by atoms with Crippen LogP contribution in [0.4, 0.5) is 0 Å². The number of fused-ring (bicyclic) bond motifs is 1. The second-order valence-corrected chi connectivity index (χ2v) is 17.9. The SMILES string of the molecule is C[N+](C)(C)CC12CC3CC(C1)C(C1C4CC5CC1CC([N+](C)(C)[N+](C)(C)Cc1ccccc1)(C5)C4)C(C3)C2. The van der Waals surface area contributed by atoms with Crippen LogP contribution in [0.2, 0.25) is 0 Å². The van der Waals surface area contributed by atoms with Gasteiger partial charge in [0, 0.05) is 30.2 Å². The second-order valence-electron chi connectivity index (χ2n) is 17.9. The first-order valence-corrected chi connectivity index (χ1v) is 16.3. The van der Waals surface area contributed by atoms with Crippen LogP contribution in [0.1, 0.15) is 69.8 Å². The van der Waals surface area contributed by atoms with Gasteiger partial charge in [0.05, 0.1) is 27.7 Å². The molecule has 38 heavy (non-hydrogen) atoms. The van der Waals surface area contributed by atoms with Crippen molar-refractivity contribution in [2.24, 2.45) is 52.8 Å². The minimum Gasteiger partial charge on any atom is -0.330 e. The van der Waals surface area contributed by atoms with Crippen LogP contribution in [-0.4, -0.2) is 75.1 Å². The third-order valence-corrected chi connectivity index (χ3v) is 14.0. The highest BCUT2D eigenvalue weighted by molar-refractivity contribution is 5.14. The van der Waals surface area contributed by atoms with E-state index in [1.807, 2.05) is 0 Å². The molecule has 0 aromatic heterocycles. The lowest BCUT2D eigenvalue weighted by Crippen LogP contribution is -2.78. The quantitative estimate of drug-likeness (QED) is 0.281. The van der Waals surface area contributed by atoms with Gasteiger partial charge in [-0.25, -0.2) is 0 Å². The van der Waals surface area contributed by atoms with E-state index in [1.54, 1.807) is 44.9 Å². The Balaban J connectivity index is 1.14. The maximum absolute atomic E-state index is 2.61. The number of hydrogen-bond donors (Lipinski definition) is 0. The van der Waals surface area contributed by atoms with Crippen LogP contribution in [0.5, 0.6) is 0 Å². The zero-order valence-corrected chi connectivity index (χ0v) is 25.8. The summed E-state index contributed by atoms with van der Waals surface area (Å²) in [4.78, 5) is 0. The molecule has 3 nitrogen and oxygen atoms in total. The maximum Gasteiger partial charge on any atom is 0.147 e. The highest BCUT2D eigenvalue weighted by atomic mass is 15.8. The molecule has 1 aromatic rings. The van der Waals surface area contributed by atoms with E-state index < -0.39 is 0 Å². The summed E-state index contributed by atoms with van der Waals surface area (Å²) in [6.45, 7) is 2.55. The fourth-order valence-electron chi connectivity index (χ4n) is 13.2. The molecule has 0 aliphatic heterocycles. The Morgan fingerprint density at radius 1 is 0.632 bits per heavy atom. The minimum atomic E-state index is 0.474. The van der Waals surface area contributed by atoms with Crippen molar-refractivity contribution < 1.29 is 13.7 Å². The molecule has 1 aromatic carbocycles. The Bertz CT molecular complexity index is 1020. The van der Waals surface area contributed by atoms with Crippen molar-refractivity contribution in [3.63, 3.8) is 0 Å². The van der Waals surface area contributed by atoms with Crippen molar-refractivity contribution in [1.82, 2.24) is 0 Å². The molecule has 8 aliphatic carbocycles. The Morgan fingerprint density at radius 2 is 1.13 bits per heavy atom. The van der Waals surface area contributed by atoms with E-state index in [4.69, 9.17) is 0 Å². The van der Waals surface area contributed by atoms with Gasteiger partial charge in [-0.15, -0.1) is 0 Å². The number of hydrogen-bond acceptors (Lipinski definition) is 0. The molecule has 8 aliphatic rings. The molecular formula is C35H58N3+3. The van der Waals surface area contributed by atoms with E-state index in [0.717, 1.165) is 63.1 Å². The summed E-state index contributed by atoms with van der Waals surface area (Å²) in [5.41, 5.74) is 2.64. The zero-order valence-electron chi connectivity index (χ0n) is 25.8. The van der Waals surface area contributed by atoms with Gasteiger partial charge >= 0.3 is 0 Å².